The van der Waals surface area contributed by atoms with Crippen molar-refractivity contribution >= 4 is 29.0 Å². The summed E-state index contributed by atoms with van der Waals surface area (Å²) in [6.45, 7) is 2.52. The third-order valence-corrected chi connectivity index (χ3v) is 4.61. The number of hydrogen-bond acceptors (Lipinski definition) is 5. The lowest BCUT2D eigenvalue weighted by Crippen LogP contribution is -2.32. The molecule has 1 unspecified atom stereocenters. The molecule has 0 aliphatic heterocycles. The van der Waals surface area contributed by atoms with Gasteiger partial charge < -0.3 is 5.32 Å². The number of thioether (sulfide) groups is 1. The van der Waals surface area contributed by atoms with Gasteiger partial charge in [0.15, 0.2) is 0 Å². The summed E-state index contributed by atoms with van der Waals surface area (Å²) in [5.74, 6) is 0.965. The molecule has 0 aliphatic carbocycles. The number of carbonyl (C=O) groups excluding carboxylic acids is 1. The molecule has 0 saturated heterocycles. The highest BCUT2D eigenvalue weighted by molar-refractivity contribution is 8.00. The molecule has 1 amide bonds. The standard InChI is InChI=1S/C12H16N4OS2/c1-10(16-7-2-5-15-16)11(17)13-4-3-8-18-12-14-6-9-19-12/h2,5-7,9-10H,3-4,8H2,1H3,(H,13,17). The summed E-state index contributed by atoms with van der Waals surface area (Å²) in [6.07, 6.45) is 6.21. The molecule has 7 heteroatoms. The third kappa shape index (κ3) is 4.36. The Balaban J connectivity index is 1.61. The predicted molar refractivity (Wildman–Crippen MR) is 77.4 cm³/mol. The van der Waals surface area contributed by atoms with Gasteiger partial charge in [0, 0.05) is 36.3 Å². The zero-order chi connectivity index (χ0) is 13.5. The van der Waals surface area contributed by atoms with Crippen LogP contribution in [-0.2, 0) is 4.79 Å². The van der Waals surface area contributed by atoms with E-state index in [9.17, 15) is 4.79 Å². The highest BCUT2D eigenvalue weighted by atomic mass is 32.2. The van der Waals surface area contributed by atoms with Crippen LogP contribution in [0.1, 0.15) is 19.4 Å². The molecule has 102 valence electrons. The zero-order valence-corrected chi connectivity index (χ0v) is 12.3. The van der Waals surface area contributed by atoms with Gasteiger partial charge in [-0.25, -0.2) is 4.98 Å². The van der Waals surface area contributed by atoms with Crippen molar-refractivity contribution in [3.05, 3.63) is 30.0 Å². The van der Waals surface area contributed by atoms with Gasteiger partial charge in [-0.2, -0.15) is 5.10 Å². The van der Waals surface area contributed by atoms with Crippen molar-refractivity contribution in [1.29, 1.82) is 0 Å². The lowest BCUT2D eigenvalue weighted by atomic mass is 10.3. The van der Waals surface area contributed by atoms with Crippen LogP contribution in [0.25, 0.3) is 0 Å². The summed E-state index contributed by atoms with van der Waals surface area (Å²) >= 11 is 3.37. The fourth-order valence-corrected chi connectivity index (χ4v) is 3.15. The molecule has 0 aliphatic rings. The summed E-state index contributed by atoms with van der Waals surface area (Å²) in [7, 11) is 0. The van der Waals surface area contributed by atoms with Gasteiger partial charge in [0.2, 0.25) is 5.91 Å². The number of aromatic nitrogens is 3. The first-order chi connectivity index (χ1) is 9.27. The fraction of sp³-hybridized carbons (Fsp3) is 0.417. The quantitative estimate of drug-likeness (QED) is 0.628. The average Bonchev–Trinajstić information content (AvgIpc) is 3.10. The van der Waals surface area contributed by atoms with E-state index in [-0.39, 0.29) is 11.9 Å². The molecule has 0 fully saturated rings. The van der Waals surface area contributed by atoms with E-state index in [1.807, 2.05) is 18.4 Å². The van der Waals surface area contributed by atoms with Crippen molar-refractivity contribution < 1.29 is 4.79 Å². The Kier molecular flexibility index (Phi) is 5.41. The van der Waals surface area contributed by atoms with E-state index in [1.54, 1.807) is 46.4 Å². The SMILES string of the molecule is CC(C(=O)NCCCSc1nccs1)n1cccn1. The topological polar surface area (TPSA) is 59.8 Å². The Bertz CT molecular complexity index is 484. The molecular weight excluding hydrogens is 280 g/mol. The van der Waals surface area contributed by atoms with Crippen LogP contribution in [0, 0.1) is 0 Å². The number of carbonyl (C=O) groups is 1. The Morgan fingerprint density at radius 2 is 2.47 bits per heavy atom. The molecule has 0 aromatic carbocycles. The second kappa shape index (κ2) is 7.30. The molecule has 2 heterocycles. The van der Waals surface area contributed by atoms with Crippen LogP contribution in [-0.4, -0.2) is 33.0 Å². The molecule has 0 bridgehead atoms. The van der Waals surface area contributed by atoms with Gasteiger partial charge in [-0.05, 0) is 19.4 Å². The number of hydrogen-bond donors (Lipinski definition) is 1. The van der Waals surface area contributed by atoms with Crippen LogP contribution < -0.4 is 5.32 Å². The largest absolute Gasteiger partial charge is 0.354 e. The van der Waals surface area contributed by atoms with Gasteiger partial charge in [-0.15, -0.1) is 11.3 Å². The molecule has 5 nitrogen and oxygen atoms in total. The molecule has 2 rings (SSSR count). The van der Waals surface area contributed by atoms with E-state index in [0.717, 1.165) is 16.5 Å². The summed E-state index contributed by atoms with van der Waals surface area (Å²) in [6, 6.07) is 1.55. The highest BCUT2D eigenvalue weighted by Gasteiger charge is 2.13. The Labute approximate surface area is 120 Å². The Morgan fingerprint density at radius 1 is 1.58 bits per heavy atom. The number of rotatable bonds is 7. The third-order valence-electron chi connectivity index (χ3n) is 2.56. The molecule has 0 spiro atoms. The maximum absolute atomic E-state index is 11.8. The van der Waals surface area contributed by atoms with Crippen LogP contribution in [0.5, 0.6) is 0 Å². The van der Waals surface area contributed by atoms with Crippen molar-refractivity contribution in [2.75, 3.05) is 12.3 Å². The highest BCUT2D eigenvalue weighted by Crippen LogP contribution is 2.20. The second-order valence-electron chi connectivity index (χ2n) is 3.95. The average molecular weight is 296 g/mol. The van der Waals surface area contributed by atoms with E-state index in [0.29, 0.717) is 6.54 Å². The van der Waals surface area contributed by atoms with Crippen LogP contribution >= 0.6 is 23.1 Å². The molecule has 1 atom stereocenters. The van der Waals surface area contributed by atoms with Crippen molar-refractivity contribution in [2.45, 2.75) is 23.7 Å². The molecule has 0 saturated carbocycles. The summed E-state index contributed by atoms with van der Waals surface area (Å²) in [4.78, 5) is 16.0. The second-order valence-corrected chi connectivity index (χ2v) is 6.19. The first kappa shape index (κ1) is 14.1. The summed E-state index contributed by atoms with van der Waals surface area (Å²) < 4.78 is 2.73. The summed E-state index contributed by atoms with van der Waals surface area (Å²) in [5, 5.41) is 8.95. The molecule has 2 aromatic rings. The van der Waals surface area contributed by atoms with Gasteiger partial charge in [0.1, 0.15) is 10.4 Å². The van der Waals surface area contributed by atoms with Crippen LogP contribution in [0.2, 0.25) is 0 Å². The van der Waals surface area contributed by atoms with Gasteiger partial charge in [0.25, 0.3) is 0 Å². The number of amides is 1. The summed E-state index contributed by atoms with van der Waals surface area (Å²) in [5.41, 5.74) is 0. The molecular formula is C12H16N4OS2. The first-order valence-electron chi connectivity index (χ1n) is 6.06. The van der Waals surface area contributed by atoms with Crippen molar-refractivity contribution in [3.8, 4) is 0 Å². The van der Waals surface area contributed by atoms with Gasteiger partial charge in [0.05, 0.1) is 0 Å². The minimum atomic E-state index is -0.262. The molecule has 19 heavy (non-hydrogen) atoms. The number of thiazole rings is 1. The number of nitrogens with zero attached hydrogens (tertiary/aromatic N) is 3. The maximum Gasteiger partial charge on any atom is 0.244 e. The normalized spacial score (nSPS) is 12.3. The Morgan fingerprint density at radius 3 is 3.16 bits per heavy atom. The lowest BCUT2D eigenvalue weighted by molar-refractivity contribution is -0.124. The smallest absolute Gasteiger partial charge is 0.244 e. The van der Waals surface area contributed by atoms with E-state index in [1.165, 1.54) is 0 Å². The van der Waals surface area contributed by atoms with Crippen molar-refractivity contribution in [3.63, 3.8) is 0 Å². The van der Waals surface area contributed by atoms with Gasteiger partial charge in [-0.3, -0.25) is 9.48 Å². The van der Waals surface area contributed by atoms with Crippen molar-refractivity contribution in [2.24, 2.45) is 0 Å². The van der Waals surface area contributed by atoms with Gasteiger partial charge in [-0.1, -0.05) is 11.8 Å². The minimum Gasteiger partial charge on any atom is -0.354 e. The van der Waals surface area contributed by atoms with E-state index < -0.39 is 0 Å². The Hall–Kier alpha value is -1.34. The van der Waals surface area contributed by atoms with Gasteiger partial charge >= 0.3 is 0 Å². The molecule has 2 aromatic heterocycles. The van der Waals surface area contributed by atoms with E-state index in [4.69, 9.17) is 0 Å². The van der Waals surface area contributed by atoms with E-state index >= 15 is 0 Å². The van der Waals surface area contributed by atoms with E-state index in [2.05, 4.69) is 15.4 Å². The monoisotopic (exact) mass is 296 g/mol. The molecule has 0 radical (unpaired) electrons. The first-order valence-corrected chi connectivity index (χ1v) is 7.93. The number of nitrogens with one attached hydrogen (secondary N) is 1. The minimum absolute atomic E-state index is 0.00273. The fourth-order valence-electron chi connectivity index (χ4n) is 1.50. The lowest BCUT2D eigenvalue weighted by Gasteiger charge is -2.12. The van der Waals surface area contributed by atoms with Crippen LogP contribution in [0.15, 0.2) is 34.4 Å². The zero-order valence-electron chi connectivity index (χ0n) is 10.7. The van der Waals surface area contributed by atoms with Crippen molar-refractivity contribution in [1.82, 2.24) is 20.1 Å². The maximum atomic E-state index is 11.8. The molecule has 1 N–H and O–H groups in total. The van der Waals surface area contributed by atoms with Crippen LogP contribution in [0.4, 0.5) is 0 Å². The van der Waals surface area contributed by atoms with Crippen LogP contribution in [0.3, 0.4) is 0 Å². The predicted octanol–water partition coefficient (Wildman–Crippen LogP) is 2.20.